The molecular formula is C19H25N3O5. The van der Waals surface area contributed by atoms with E-state index in [1.807, 2.05) is 12.1 Å². The lowest BCUT2D eigenvalue weighted by molar-refractivity contribution is -0.135. The molecule has 0 radical (unpaired) electrons. The van der Waals surface area contributed by atoms with Crippen LogP contribution in [0, 0.1) is 11.8 Å². The highest BCUT2D eigenvalue weighted by Crippen LogP contribution is 2.41. The van der Waals surface area contributed by atoms with E-state index in [4.69, 9.17) is 9.47 Å². The molecule has 1 aromatic rings. The summed E-state index contributed by atoms with van der Waals surface area (Å²) >= 11 is 0. The van der Waals surface area contributed by atoms with Gasteiger partial charge in [-0.2, -0.15) is 0 Å². The van der Waals surface area contributed by atoms with Gasteiger partial charge in [0, 0.05) is 26.2 Å². The van der Waals surface area contributed by atoms with Crippen LogP contribution in [-0.2, 0) is 14.3 Å². The van der Waals surface area contributed by atoms with Crippen molar-refractivity contribution in [2.24, 2.45) is 11.8 Å². The van der Waals surface area contributed by atoms with Crippen molar-refractivity contribution in [1.82, 2.24) is 9.80 Å². The first-order valence-corrected chi connectivity index (χ1v) is 9.19. The molecule has 1 N–H and O–H groups in total. The van der Waals surface area contributed by atoms with Crippen LogP contribution in [0.5, 0.6) is 5.75 Å². The zero-order valence-corrected chi connectivity index (χ0v) is 15.6. The molecule has 0 bridgehead atoms. The molecule has 1 aromatic carbocycles. The van der Waals surface area contributed by atoms with Gasteiger partial charge >= 0.3 is 6.09 Å². The fourth-order valence-corrected chi connectivity index (χ4v) is 3.29. The third kappa shape index (κ3) is 4.32. The van der Waals surface area contributed by atoms with Crippen molar-refractivity contribution in [3.63, 3.8) is 0 Å². The summed E-state index contributed by atoms with van der Waals surface area (Å²) in [7, 11) is 1.55. The summed E-state index contributed by atoms with van der Waals surface area (Å²) in [5.74, 6) is -0.189. The second-order valence-corrected chi connectivity index (χ2v) is 6.65. The summed E-state index contributed by atoms with van der Waals surface area (Å²) in [6.07, 6.45) is 0.211. The van der Waals surface area contributed by atoms with Gasteiger partial charge in [-0.3, -0.25) is 9.59 Å². The van der Waals surface area contributed by atoms with Crippen LogP contribution in [0.3, 0.4) is 0 Å². The Morgan fingerprint density at radius 1 is 1.07 bits per heavy atom. The zero-order valence-electron chi connectivity index (χ0n) is 15.6. The number of amides is 3. The number of methoxy groups -OCH3 is 1. The fourth-order valence-electron chi connectivity index (χ4n) is 3.29. The molecule has 1 aliphatic carbocycles. The molecule has 8 nitrogen and oxygen atoms in total. The van der Waals surface area contributed by atoms with E-state index in [1.165, 1.54) is 0 Å². The van der Waals surface area contributed by atoms with Gasteiger partial charge < -0.3 is 24.6 Å². The molecule has 27 heavy (non-hydrogen) atoms. The van der Waals surface area contributed by atoms with Gasteiger partial charge in [0.1, 0.15) is 5.75 Å². The minimum atomic E-state index is -0.343. The smallest absolute Gasteiger partial charge is 0.409 e. The van der Waals surface area contributed by atoms with Gasteiger partial charge in [0.05, 0.1) is 31.2 Å². The highest BCUT2D eigenvalue weighted by atomic mass is 16.6. The molecule has 2 fully saturated rings. The summed E-state index contributed by atoms with van der Waals surface area (Å²) in [5, 5.41) is 2.84. The highest BCUT2D eigenvalue weighted by molar-refractivity contribution is 6.00. The number of carbonyl (C=O) groups is 3. The molecule has 0 spiro atoms. The SMILES string of the molecule is CCOC(=O)N1CCN(C(=O)C2CC2C(=O)Nc2ccccc2OC)CC1. The maximum Gasteiger partial charge on any atom is 0.409 e. The van der Waals surface area contributed by atoms with Gasteiger partial charge in [0.25, 0.3) is 0 Å². The molecule has 146 valence electrons. The minimum absolute atomic E-state index is 0.0151. The zero-order chi connectivity index (χ0) is 19.4. The standard InChI is InChI=1S/C19H25N3O5/c1-3-27-19(25)22-10-8-21(9-11-22)18(24)14-12-13(14)17(23)20-15-6-4-5-7-16(15)26-2/h4-7,13-14H,3,8-12H2,1-2H3,(H,20,23). The number of para-hydroxylation sites is 2. The van der Waals surface area contributed by atoms with E-state index in [1.54, 1.807) is 36.0 Å². The van der Waals surface area contributed by atoms with Crippen LogP contribution in [-0.4, -0.2) is 67.6 Å². The first-order chi connectivity index (χ1) is 13.0. The Labute approximate surface area is 158 Å². The molecule has 1 saturated carbocycles. The molecule has 2 unspecified atom stereocenters. The van der Waals surface area contributed by atoms with E-state index in [0.717, 1.165) is 0 Å². The summed E-state index contributed by atoms with van der Waals surface area (Å²) in [5.41, 5.74) is 0.603. The Morgan fingerprint density at radius 2 is 1.74 bits per heavy atom. The molecule has 3 amide bonds. The fraction of sp³-hybridized carbons (Fsp3) is 0.526. The molecule has 1 saturated heterocycles. The lowest BCUT2D eigenvalue weighted by Gasteiger charge is -2.34. The number of nitrogens with one attached hydrogen (secondary N) is 1. The number of hydrogen-bond donors (Lipinski definition) is 1. The van der Waals surface area contributed by atoms with E-state index >= 15 is 0 Å². The van der Waals surface area contributed by atoms with Crippen LogP contribution < -0.4 is 10.1 Å². The third-order valence-corrected chi connectivity index (χ3v) is 4.93. The predicted octanol–water partition coefficient (Wildman–Crippen LogP) is 1.57. The Hall–Kier alpha value is -2.77. The number of benzene rings is 1. The predicted molar refractivity (Wildman–Crippen MR) is 98.4 cm³/mol. The average Bonchev–Trinajstić information content (AvgIpc) is 3.49. The molecule has 2 aliphatic rings. The van der Waals surface area contributed by atoms with Gasteiger partial charge in [0.2, 0.25) is 11.8 Å². The van der Waals surface area contributed by atoms with Gasteiger partial charge in [-0.1, -0.05) is 12.1 Å². The van der Waals surface area contributed by atoms with Gasteiger partial charge in [-0.15, -0.1) is 0 Å². The summed E-state index contributed by atoms with van der Waals surface area (Å²) < 4.78 is 10.2. The Morgan fingerprint density at radius 3 is 2.41 bits per heavy atom. The van der Waals surface area contributed by atoms with E-state index in [9.17, 15) is 14.4 Å². The summed E-state index contributed by atoms with van der Waals surface area (Å²) in [6.45, 7) is 3.94. The van der Waals surface area contributed by atoms with Crippen molar-refractivity contribution in [2.45, 2.75) is 13.3 Å². The average molecular weight is 375 g/mol. The maximum absolute atomic E-state index is 12.6. The number of anilines is 1. The maximum atomic E-state index is 12.6. The lowest BCUT2D eigenvalue weighted by Crippen LogP contribution is -2.51. The van der Waals surface area contributed by atoms with E-state index in [2.05, 4.69) is 5.32 Å². The summed E-state index contributed by atoms with van der Waals surface area (Å²) in [6, 6.07) is 7.18. The molecule has 3 rings (SSSR count). The van der Waals surface area contributed by atoms with Gasteiger partial charge in [0.15, 0.2) is 0 Å². The number of piperazine rings is 1. The van der Waals surface area contributed by atoms with Crippen LogP contribution >= 0.6 is 0 Å². The second-order valence-electron chi connectivity index (χ2n) is 6.65. The van der Waals surface area contributed by atoms with E-state index in [0.29, 0.717) is 50.6 Å². The Balaban J connectivity index is 1.49. The normalized spacial score (nSPS) is 21.4. The number of ether oxygens (including phenoxy) is 2. The quantitative estimate of drug-likeness (QED) is 0.844. The van der Waals surface area contributed by atoms with Crippen molar-refractivity contribution in [3.05, 3.63) is 24.3 Å². The molecule has 1 heterocycles. The van der Waals surface area contributed by atoms with E-state index < -0.39 is 0 Å². The number of carbonyl (C=O) groups excluding carboxylic acids is 3. The molecule has 8 heteroatoms. The van der Waals surface area contributed by atoms with Crippen molar-refractivity contribution in [1.29, 1.82) is 0 Å². The van der Waals surface area contributed by atoms with Crippen LogP contribution in [0.4, 0.5) is 10.5 Å². The van der Waals surface area contributed by atoms with Crippen molar-refractivity contribution in [2.75, 3.05) is 45.2 Å². The molecule has 0 aromatic heterocycles. The largest absolute Gasteiger partial charge is 0.495 e. The number of nitrogens with zero attached hydrogens (tertiary/aromatic N) is 2. The molecule has 1 aliphatic heterocycles. The van der Waals surface area contributed by atoms with Gasteiger partial charge in [-0.25, -0.2) is 4.79 Å². The minimum Gasteiger partial charge on any atom is -0.495 e. The summed E-state index contributed by atoms with van der Waals surface area (Å²) in [4.78, 5) is 40.1. The number of rotatable bonds is 5. The Bertz CT molecular complexity index is 715. The van der Waals surface area contributed by atoms with Crippen molar-refractivity contribution >= 4 is 23.6 Å². The van der Waals surface area contributed by atoms with E-state index in [-0.39, 0.29) is 29.7 Å². The topological polar surface area (TPSA) is 88.2 Å². The molecule has 2 atom stereocenters. The molecular weight excluding hydrogens is 350 g/mol. The van der Waals surface area contributed by atoms with Crippen LogP contribution in [0.25, 0.3) is 0 Å². The number of hydrogen-bond acceptors (Lipinski definition) is 5. The third-order valence-electron chi connectivity index (χ3n) is 4.93. The van der Waals surface area contributed by atoms with Crippen LogP contribution in [0.15, 0.2) is 24.3 Å². The Kier molecular flexibility index (Phi) is 5.83. The highest BCUT2D eigenvalue weighted by Gasteiger charge is 2.50. The monoisotopic (exact) mass is 375 g/mol. The van der Waals surface area contributed by atoms with Crippen molar-refractivity contribution < 1.29 is 23.9 Å². The van der Waals surface area contributed by atoms with Crippen LogP contribution in [0.1, 0.15) is 13.3 Å². The first-order valence-electron chi connectivity index (χ1n) is 9.19. The van der Waals surface area contributed by atoms with Crippen LogP contribution in [0.2, 0.25) is 0 Å². The van der Waals surface area contributed by atoms with Gasteiger partial charge in [-0.05, 0) is 25.5 Å². The van der Waals surface area contributed by atoms with Crippen molar-refractivity contribution in [3.8, 4) is 5.75 Å². The lowest BCUT2D eigenvalue weighted by atomic mass is 10.2. The first kappa shape index (κ1) is 19.0. The second kappa shape index (κ2) is 8.28.